The van der Waals surface area contributed by atoms with Crippen molar-refractivity contribution in [3.63, 3.8) is 0 Å². The molecule has 22 heavy (non-hydrogen) atoms. The second-order valence-electron chi connectivity index (χ2n) is 5.91. The summed E-state index contributed by atoms with van der Waals surface area (Å²) in [4.78, 5) is 14.2. The van der Waals surface area contributed by atoms with E-state index in [2.05, 4.69) is 34.5 Å². The molecule has 1 aliphatic heterocycles. The molecule has 0 atom stereocenters. The van der Waals surface area contributed by atoms with Crippen LogP contribution in [0.25, 0.3) is 0 Å². The number of hydrogen-bond acceptors (Lipinski definition) is 3. The van der Waals surface area contributed by atoms with E-state index in [-0.39, 0.29) is 5.91 Å². The van der Waals surface area contributed by atoms with Gasteiger partial charge in [0.15, 0.2) is 0 Å². The van der Waals surface area contributed by atoms with E-state index in [1.54, 1.807) is 7.11 Å². The van der Waals surface area contributed by atoms with Crippen molar-refractivity contribution in [2.24, 2.45) is 0 Å². The van der Waals surface area contributed by atoms with Crippen LogP contribution in [0.3, 0.4) is 0 Å². The van der Waals surface area contributed by atoms with Crippen molar-refractivity contribution in [2.45, 2.75) is 38.5 Å². The number of piperidine rings is 1. The molecule has 1 amide bonds. The second kappa shape index (κ2) is 9.46. The Kier molecular flexibility index (Phi) is 7.23. The van der Waals surface area contributed by atoms with Crippen LogP contribution in [0.15, 0.2) is 24.3 Å². The lowest BCUT2D eigenvalue weighted by Gasteiger charge is -2.28. The highest BCUT2D eigenvalue weighted by molar-refractivity contribution is 5.76. The van der Waals surface area contributed by atoms with Gasteiger partial charge in [0.1, 0.15) is 0 Å². The third kappa shape index (κ3) is 5.68. The number of aryl methyl sites for hydroxylation is 1. The molecule has 1 saturated heterocycles. The number of anilines is 1. The van der Waals surface area contributed by atoms with Crippen molar-refractivity contribution in [1.29, 1.82) is 0 Å². The summed E-state index contributed by atoms with van der Waals surface area (Å²) in [7, 11) is 1.68. The Bertz CT molecular complexity index is 439. The lowest BCUT2D eigenvalue weighted by Crippen LogP contribution is -2.29. The molecule has 1 fully saturated rings. The molecule has 4 heteroatoms. The summed E-state index contributed by atoms with van der Waals surface area (Å²) in [5, 5.41) is 2.92. The van der Waals surface area contributed by atoms with Gasteiger partial charge in [-0.3, -0.25) is 4.79 Å². The molecule has 4 nitrogen and oxygen atoms in total. The molecular weight excluding hydrogens is 276 g/mol. The number of carbonyl (C=O) groups is 1. The van der Waals surface area contributed by atoms with Gasteiger partial charge in [0.05, 0.1) is 0 Å². The van der Waals surface area contributed by atoms with Gasteiger partial charge in [0.25, 0.3) is 0 Å². The van der Waals surface area contributed by atoms with Crippen LogP contribution in [0.4, 0.5) is 5.69 Å². The minimum absolute atomic E-state index is 0.121. The average Bonchev–Trinajstić information content (AvgIpc) is 2.58. The minimum Gasteiger partial charge on any atom is -0.385 e. The SMILES string of the molecule is COCCCNC(=O)CCc1ccc(N2CCCCC2)cc1. The van der Waals surface area contributed by atoms with Gasteiger partial charge in [-0.1, -0.05) is 12.1 Å². The van der Waals surface area contributed by atoms with E-state index in [1.165, 1.54) is 43.6 Å². The number of methoxy groups -OCH3 is 1. The summed E-state index contributed by atoms with van der Waals surface area (Å²) in [5.41, 5.74) is 2.54. The largest absolute Gasteiger partial charge is 0.385 e. The molecule has 1 aliphatic rings. The predicted molar refractivity (Wildman–Crippen MR) is 90.3 cm³/mol. The van der Waals surface area contributed by atoms with Crippen LogP contribution >= 0.6 is 0 Å². The van der Waals surface area contributed by atoms with Gasteiger partial charge < -0.3 is 15.0 Å². The first-order valence-corrected chi connectivity index (χ1v) is 8.39. The van der Waals surface area contributed by atoms with E-state index in [0.29, 0.717) is 19.6 Å². The Balaban J connectivity index is 1.70. The Morgan fingerprint density at radius 3 is 2.59 bits per heavy atom. The fourth-order valence-electron chi connectivity index (χ4n) is 2.82. The van der Waals surface area contributed by atoms with Crippen molar-refractivity contribution in [1.82, 2.24) is 5.32 Å². The zero-order chi connectivity index (χ0) is 15.6. The van der Waals surface area contributed by atoms with Gasteiger partial charge in [-0.2, -0.15) is 0 Å². The number of nitrogens with one attached hydrogen (secondary N) is 1. The van der Waals surface area contributed by atoms with Crippen LogP contribution in [0.2, 0.25) is 0 Å². The molecule has 1 aromatic carbocycles. The quantitative estimate of drug-likeness (QED) is 0.751. The molecule has 0 saturated carbocycles. The van der Waals surface area contributed by atoms with Crippen molar-refractivity contribution in [2.75, 3.05) is 38.3 Å². The monoisotopic (exact) mass is 304 g/mol. The summed E-state index contributed by atoms with van der Waals surface area (Å²) in [5.74, 6) is 0.121. The normalized spacial score (nSPS) is 14.9. The first kappa shape index (κ1) is 16.8. The van der Waals surface area contributed by atoms with E-state index >= 15 is 0 Å². The number of amides is 1. The van der Waals surface area contributed by atoms with Gasteiger partial charge in [-0.05, 0) is 49.8 Å². The summed E-state index contributed by atoms with van der Waals surface area (Å²) in [6.45, 7) is 3.73. The van der Waals surface area contributed by atoms with Crippen LogP contribution in [0.5, 0.6) is 0 Å². The van der Waals surface area contributed by atoms with Crippen LogP contribution in [-0.4, -0.2) is 39.3 Å². The maximum Gasteiger partial charge on any atom is 0.220 e. The van der Waals surface area contributed by atoms with Gasteiger partial charge in [0, 0.05) is 45.5 Å². The van der Waals surface area contributed by atoms with Crippen molar-refractivity contribution in [3.8, 4) is 0 Å². The topological polar surface area (TPSA) is 41.6 Å². The summed E-state index contributed by atoms with van der Waals surface area (Å²) in [6, 6.07) is 8.69. The Morgan fingerprint density at radius 2 is 1.91 bits per heavy atom. The maximum absolute atomic E-state index is 11.7. The van der Waals surface area contributed by atoms with Gasteiger partial charge in [0.2, 0.25) is 5.91 Å². The number of carbonyl (C=O) groups excluding carboxylic acids is 1. The third-order valence-electron chi connectivity index (χ3n) is 4.15. The van der Waals surface area contributed by atoms with E-state index in [4.69, 9.17) is 4.74 Å². The minimum atomic E-state index is 0.121. The van der Waals surface area contributed by atoms with Crippen molar-refractivity contribution in [3.05, 3.63) is 29.8 Å². The lowest BCUT2D eigenvalue weighted by atomic mass is 10.1. The van der Waals surface area contributed by atoms with Crippen LogP contribution in [-0.2, 0) is 16.0 Å². The third-order valence-corrected chi connectivity index (χ3v) is 4.15. The molecule has 2 rings (SSSR count). The zero-order valence-corrected chi connectivity index (χ0v) is 13.6. The molecule has 1 aromatic rings. The highest BCUT2D eigenvalue weighted by atomic mass is 16.5. The number of ether oxygens (including phenoxy) is 1. The summed E-state index contributed by atoms with van der Waals surface area (Å²) >= 11 is 0. The van der Waals surface area contributed by atoms with E-state index in [9.17, 15) is 4.79 Å². The number of benzene rings is 1. The Hall–Kier alpha value is -1.55. The maximum atomic E-state index is 11.7. The molecule has 1 N–H and O–H groups in total. The fraction of sp³-hybridized carbons (Fsp3) is 0.611. The first-order valence-electron chi connectivity index (χ1n) is 8.39. The molecule has 0 spiro atoms. The Labute approximate surface area is 133 Å². The number of hydrogen-bond donors (Lipinski definition) is 1. The van der Waals surface area contributed by atoms with Crippen molar-refractivity contribution < 1.29 is 9.53 Å². The highest BCUT2D eigenvalue weighted by Gasteiger charge is 2.10. The molecule has 0 aliphatic carbocycles. The molecule has 0 aromatic heterocycles. The molecule has 0 radical (unpaired) electrons. The van der Waals surface area contributed by atoms with Gasteiger partial charge in [-0.25, -0.2) is 0 Å². The van der Waals surface area contributed by atoms with Gasteiger partial charge in [-0.15, -0.1) is 0 Å². The number of rotatable bonds is 8. The standard InChI is InChI=1S/C18H28N2O2/c1-22-15-5-12-19-18(21)11-8-16-6-9-17(10-7-16)20-13-3-2-4-14-20/h6-7,9-10H,2-5,8,11-15H2,1H3,(H,19,21). The molecule has 0 unspecified atom stereocenters. The lowest BCUT2D eigenvalue weighted by molar-refractivity contribution is -0.121. The number of nitrogens with zero attached hydrogens (tertiary/aromatic N) is 1. The van der Waals surface area contributed by atoms with E-state index < -0.39 is 0 Å². The van der Waals surface area contributed by atoms with E-state index in [1.807, 2.05) is 0 Å². The molecular formula is C18H28N2O2. The van der Waals surface area contributed by atoms with Crippen molar-refractivity contribution >= 4 is 11.6 Å². The highest BCUT2D eigenvalue weighted by Crippen LogP contribution is 2.20. The van der Waals surface area contributed by atoms with Crippen LogP contribution in [0, 0.1) is 0 Å². The molecule has 122 valence electrons. The van der Waals surface area contributed by atoms with E-state index in [0.717, 1.165) is 12.8 Å². The van der Waals surface area contributed by atoms with Gasteiger partial charge >= 0.3 is 0 Å². The second-order valence-corrected chi connectivity index (χ2v) is 5.91. The molecule has 0 bridgehead atoms. The predicted octanol–water partition coefficient (Wildman–Crippen LogP) is 2.76. The summed E-state index contributed by atoms with van der Waals surface area (Å²) < 4.78 is 4.96. The average molecular weight is 304 g/mol. The molecule has 1 heterocycles. The fourth-order valence-corrected chi connectivity index (χ4v) is 2.82. The summed E-state index contributed by atoms with van der Waals surface area (Å²) in [6.07, 6.45) is 6.17. The van der Waals surface area contributed by atoms with Crippen LogP contribution < -0.4 is 10.2 Å². The first-order chi connectivity index (χ1) is 10.8. The smallest absolute Gasteiger partial charge is 0.220 e. The zero-order valence-electron chi connectivity index (χ0n) is 13.6. The van der Waals surface area contributed by atoms with Crippen LogP contribution in [0.1, 0.15) is 37.7 Å². The Morgan fingerprint density at radius 1 is 1.18 bits per heavy atom.